The number of carbonyl (C=O) groups is 1. The van der Waals surface area contributed by atoms with Crippen molar-refractivity contribution >= 4 is 60.1 Å². The van der Waals surface area contributed by atoms with Gasteiger partial charge in [0.25, 0.3) is 0 Å². The van der Waals surface area contributed by atoms with E-state index in [9.17, 15) is 9.00 Å². The quantitative estimate of drug-likeness (QED) is 0.660. The van der Waals surface area contributed by atoms with E-state index in [0.717, 1.165) is 0 Å². The Balaban J connectivity index is 3.47. The standard InChI is InChI=1S/C6H4Br2O3S2/c1-2(9)3-4(13(10)11)6(8)12-5(3)7/h1H3,(H,10,11). The number of halogens is 2. The fraction of sp³-hybridized carbons (Fsp3) is 0.167. The predicted molar refractivity (Wildman–Crippen MR) is 58.8 cm³/mol. The first-order valence-electron chi connectivity index (χ1n) is 3.04. The van der Waals surface area contributed by atoms with Crippen molar-refractivity contribution < 1.29 is 13.6 Å². The SMILES string of the molecule is CC(=O)c1c(Br)sc(Br)c1S(=O)O. The van der Waals surface area contributed by atoms with Crippen molar-refractivity contribution in [2.45, 2.75) is 11.8 Å². The average Bonchev–Trinajstić information content (AvgIpc) is 2.24. The second kappa shape index (κ2) is 4.31. The van der Waals surface area contributed by atoms with Gasteiger partial charge < -0.3 is 4.55 Å². The molecule has 0 aliphatic carbocycles. The second-order valence-corrected chi connectivity index (χ2v) is 6.72. The minimum absolute atomic E-state index is 0.143. The maximum absolute atomic E-state index is 11.1. The molecule has 3 nitrogen and oxygen atoms in total. The zero-order valence-electron chi connectivity index (χ0n) is 6.34. The first-order chi connectivity index (χ1) is 5.95. The maximum atomic E-state index is 11.1. The van der Waals surface area contributed by atoms with E-state index in [4.69, 9.17) is 4.55 Å². The minimum atomic E-state index is -2.14. The Labute approximate surface area is 98.1 Å². The van der Waals surface area contributed by atoms with Crippen LogP contribution in [0.4, 0.5) is 0 Å². The Morgan fingerprint density at radius 2 is 2.00 bits per heavy atom. The van der Waals surface area contributed by atoms with Gasteiger partial charge in [0.1, 0.15) is 4.90 Å². The summed E-state index contributed by atoms with van der Waals surface area (Å²) in [6, 6.07) is 0. The van der Waals surface area contributed by atoms with E-state index in [2.05, 4.69) is 31.9 Å². The van der Waals surface area contributed by atoms with Crippen LogP contribution in [0, 0.1) is 0 Å². The van der Waals surface area contributed by atoms with E-state index >= 15 is 0 Å². The molecule has 0 aliphatic rings. The molecule has 0 aromatic carbocycles. The van der Waals surface area contributed by atoms with Crippen LogP contribution in [0.1, 0.15) is 17.3 Å². The molecule has 0 spiro atoms. The van der Waals surface area contributed by atoms with Crippen molar-refractivity contribution in [1.82, 2.24) is 0 Å². The largest absolute Gasteiger partial charge is 0.302 e. The highest BCUT2D eigenvalue weighted by molar-refractivity contribution is 9.12. The Morgan fingerprint density at radius 3 is 2.31 bits per heavy atom. The van der Waals surface area contributed by atoms with Crippen molar-refractivity contribution in [2.75, 3.05) is 0 Å². The summed E-state index contributed by atoms with van der Waals surface area (Å²) in [5.74, 6) is -0.230. The smallest absolute Gasteiger partial charge is 0.189 e. The number of carbonyl (C=O) groups excluding carboxylic acids is 1. The zero-order valence-corrected chi connectivity index (χ0v) is 11.1. The third-order valence-corrected chi connectivity index (χ3v) is 4.99. The molecule has 13 heavy (non-hydrogen) atoms. The molecule has 0 aliphatic heterocycles. The molecular weight excluding hydrogens is 344 g/mol. The average molecular weight is 348 g/mol. The number of hydrogen-bond acceptors (Lipinski definition) is 3. The number of hydrogen-bond donors (Lipinski definition) is 1. The molecule has 0 saturated carbocycles. The van der Waals surface area contributed by atoms with Crippen molar-refractivity contribution in [1.29, 1.82) is 0 Å². The molecule has 1 rings (SSSR count). The van der Waals surface area contributed by atoms with Gasteiger partial charge in [0.15, 0.2) is 16.9 Å². The lowest BCUT2D eigenvalue weighted by Crippen LogP contribution is -1.98. The summed E-state index contributed by atoms with van der Waals surface area (Å²) >= 11 is 5.35. The second-order valence-electron chi connectivity index (χ2n) is 2.16. The normalized spacial score (nSPS) is 12.9. The Kier molecular flexibility index (Phi) is 3.82. The third-order valence-electron chi connectivity index (χ3n) is 1.31. The van der Waals surface area contributed by atoms with E-state index in [1.165, 1.54) is 18.3 Å². The van der Waals surface area contributed by atoms with E-state index < -0.39 is 11.1 Å². The number of ketones is 1. The van der Waals surface area contributed by atoms with Crippen molar-refractivity contribution in [2.24, 2.45) is 0 Å². The summed E-state index contributed by atoms with van der Waals surface area (Å²) < 4.78 is 20.9. The topological polar surface area (TPSA) is 54.4 Å². The lowest BCUT2D eigenvalue weighted by molar-refractivity contribution is 0.101. The molecule has 1 unspecified atom stereocenters. The molecule has 0 fully saturated rings. The van der Waals surface area contributed by atoms with Gasteiger partial charge in [0.2, 0.25) is 0 Å². The maximum Gasteiger partial charge on any atom is 0.189 e. The van der Waals surface area contributed by atoms with Gasteiger partial charge >= 0.3 is 0 Å². The zero-order chi connectivity index (χ0) is 10.2. The number of thiophene rings is 1. The summed E-state index contributed by atoms with van der Waals surface area (Å²) in [4.78, 5) is 11.3. The van der Waals surface area contributed by atoms with E-state index in [0.29, 0.717) is 7.57 Å². The van der Waals surface area contributed by atoms with Gasteiger partial charge in [0.05, 0.1) is 13.1 Å². The minimum Gasteiger partial charge on any atom is -0.302 e. The van der Waals surface area contributed by atoms with Gasteiger partial charge in [-0.2, -0.15) is 0 Å². The fourth-order valence-corrected chi connectivity index (χ4v) is 5.32. The lowest BCUT2D eigenvalue weighted by atomic mass is 10.2. The molecule has 1 atom stereocenters. The van der Waals surface area contributed by atoms with Crippen LogP contribution in [0.15, 0.2) is 12.5 Å². The summed E-state index contributed by atoms with van der Waals surface area (Å²) in [5, 5.41) is 0. The highest BCUT2D eigenvalue weighted by Crippen LogP contribution is 2.38. The molecule has 7 heteroatoms. The van der Waals surface area contributed by atoms with Crippen LogP contribution in [0.25, 0.3) is 0 Å². The molecule has 0 bridgehead atoms. The molecule has 72 valence electrons. The van der Waals surface area contributed by atoms with E-state index in [1.54, 1.807) is 0 Å². The van der Waals surface area contributed by atoms with Crippen molar-refractivity contribution in [3.8, 4) is 0 Å². The monoisotopic (exact) mass is 346 g/mol. The first-order valence-corrected chi connectivity index (χ1v) is 6.55. The van der Waals surface area contributed by atoms with Crippen LogP contribution in [0.3, 0.4) is 0 Å². The summed E-state index contributed by atoms with van der Waals surface area (Å²) in [6.07, 6.45) is 0. The van der Waals surface area contributed by atoms with E-state index in [-0.39, 0.29) is 16.2 Å². The molecule has 1 N–H and O–H groups in total. The molecule has 0 radical (unpaired) electrons. The molecule has 1 aromatic rings. The van der Waals surface area contributed by atoms with Crippen LogP contribution >= 0.6 is 43.2 Å². The van der Waals surface area contributed by atoms with Crippen LogP contribution in [0.5, 0.6) is 0 Å². The molecule has 0 saturated heterocycles. The van der Waals surface area contributed by atoms with Gasteiger partial charge in [-0.1, -0.05) is 0 Å². The Morgan fingerprint density at radius 1 is 1.46 bits per heavy atom. The number of rotatable bonds is 2. The van der Waals surface area contributed by atoms with Gasteiger partial charge in [-0.3, -0.25) is 4.79 Å². The van der Waals surface area contributed by atoms with Gasteiger partial charge in [-0.25, -0.2) is 4.21 Å². The highest BCUT2D eigenvalue weighted by atomic mass is 79.9. The van der Waals surface area contributed by atoms with Crippen LogP contribution in [-0.4, -0.2) is 14.5 Å². The third kappa shape index (κ3) is 2.27. The van der Waals surface area contributed by atoms with Crippen molar-refractivity contribution in [3.05, 3.63) is 13.1 Å². The summed E-state index contributed by atoms with van der Waals surface area (Å²) in [5.41, 5.74) is 0.276. The summed E-state index contributed by atoms with van der Waals surface area (Å²) in [7, 11) is 0. The molecule has 1 aromatic heterocycles. The predicted octanol–water partition coefficient (Wildman–Crippen LogP) is 3.06. The van der Waals surface area contributed by atoms with Gasteiger partial charge in [-0.05, 0) is 38.8 Å². The molecular formula is C6H4Br2O3S2. The Bertz CT molecular complexity index is 351. The summed E-state index contributed by atoms with van der Waals surface area (Å²) in [6.45, 7) is 1.36. The first kappa shape index (κ1) is 11.5. The fourth-order valence-electron chi connectivity index (χ4n) is 0.818. The van der Waals surface area contributed by atoms with Gasteiger partial charge in [-0.15, -0.1) is 11.3 Å². The Hall–Kier alpha value is 0.440. The van der Waals surface area contributed by atoms with Gasteiger partial charge in [0, 0.05) is 0 Å². The van der Waals surface area contributed by atoms with Crippen LogP contribution in [-0.2, 0) is 11.1 Å². The van der Waals surface area contributed by atoms with Crippen molar-refractivity contribution in [3.63, 3.8) is 0 Å². The number of Topliss-reactive ketones (excluding diaryl/α,β-unsaturated/α-hetero) is 1. The molecule has 0 amide bonds. The highest BCUT2D eigenvalue weighted by Gasteiger charge is 2.22. The van der Waals surface area contributed by atoms with Crippen LogP contribution < -0.4 is 0 Å². The van der Waals surface area contributed by atoms with Crippen LogP contribution in [0.2, 0.25) is 0 Å². The lowest BCUT2D eigenvalue weighted by Gasteiger charge is -1.95. The molecule has 1 heterocycles. The van der Waals surface area contributed by atoms with E-state index in [1.807, 2.05) is 0 Å².